The van der Waals surface area contributed by atoms with Crippen LogP contribution in [0, 0.1) is 0 Å². The predicted octanol–water partition coefficient (Wildman–Crippen LogP) is 1.74. The summed E-state index contributed by atoms with van der Waals surface area (Å²) in [5, 5.41) is 2.85. The number of hydrogen-bond donors (Lipinski definition) is 1. The van der Waals surface area contributed by atoms with Crippen molar-refractivity contribution in [2.24, 2.45) is 0 Å². The summed E-state index contributed by atoms with van der Waals surface area (Å²) in [7, 11) is 0. The molecular weight excluding hydrogens is 228 g/mol. The second-order valence-electron chi connectivity index (χ2n) is 4.52. The number of fused-ring (bicyclic) bond motifs is 1. The maximum Gasteiger partial charge on any atom is 0.251 e. The molecule has 0 unspecified atom stereocenters. The Hall–Kier alpha value is -1.84. The molecular formula is C14H18N2O2. The Morgan fingerprint density at radius 3 is 2.83 bits per heavy atom. The van der Waals surface area contributed by atoms with Gasteiger partial charge in [0.25, 0.3) is 5.91 Å². The molecule has 1 aromatic rings. The van der Waals surface area contributed by atoms with E-state index in [0.717, 1.165) is 24.1 Å². The first-order chi connectivity index (χ1) is 8.63. The topological polar surface area (TPSA) is 49.4 Å². The third-order valence-corrected chi connectivity index (χ3v) is 3.15. The average Bonchev–Trinajstić information content (AvgIpc) is 2.78. The summed E-state index contributed by atoms with van der Waals surface area (Å²) in [5.74, 6) is 0.0119. The summed E-state index contributed by atoms with van der Waals surface area (Å²) in [6.07, 6.45) is 1.75. The van der Waals surface area contributed by atoms with E-state index in [0.29, 0.717) is 18.7 Å². The van der Waals surface area contributed by atoms with Gasteiger partial charge in [0.2, 0.25) is 5.91 Å². The van der Waals surface area contributed by atoms with Gasteiger partial charge in [-0.1, -0.05) is 6.92 Å². The highest BCUT2D eigenvalue weighted by Crippen LogP contribution is 2.28. The maximum atomic E-state index is 11.8. The lowest BCUT2D eigenvalue weighted by atomic mass is 10.1. The van der Waals surface area contributed by atoms with Gasteiger partial charge in [0.15, 0.2) is 0 Å². The highest BCUT2D eigenvalue weighted by Gasteiger charge is 2.22. The number of amides is 2. The van der Waals surface area contributed by atoms with Crippen molar-refractivity contribution in [2.75, 3.05) is 18.0 Å². The first-order valence-corrected chi connectivity index (χ1v) is 6.32. The van der Waals surface area contributed by atoms with E-state index in [1.807, 2.05) is 19.1 Å². The largest absolute Gasteiger partial charge is 0.352 e. The Morgan fingerprint density at radius 2 is 2.17 bits per heavy atom. The van der Waals surface area contributed by atoms with Gasteiger partial charge < -0.3 is 10.2 Å². The van der Waals surface area contributed by atoms with Gasteiger partial charge >= 0.3 is 0 Å². The molecule has 18 heavy (non-hydrogen) atoms. The SMILES string of the molecule is CCCNC(=O)c1ccc2c(c1)CCN2C(C)=O. The molecule has 2 rings (SSSR count). The van der Waals surface area contributed by atoms with Gasteiger partial charge in [-0.25, -0.2) is 0 Å². The van der Waals surface area contributed by atoms with E-state index in [-0.39, 0.29) is 11.8 Å². The van der Waals surface area contributed by atoms with Crippen molar-refractivity contribution in [1.29, 1.82) is 0 Å². The van der Waals surface area contributed by atoms with Crippen molar-refractivity contribution in [3.05, 3.63) is 29.3 Å². The van der Waals surface area contributed by atoms with Gasteiger partial charge in [-0.3, -0.25) is 9.59 Å². The minimum absolute atomic E-state index is 0.0408. The zero-order valence-electron chi connectivity index (χ0n) is 10.8. The van der Waals surface area contributed by atoms with Crippen LogP contribution >= 0.6 is 0 Å². The van der Waals surface area contributed by atoms with Crippen molar-refractivity contribution >= 4 is 17.5 Å². The molecule has 96 valence electrons. The molecule has 1 aromatic carbocycles. The molecule has 0 atom stereocenters. The summed E-state index contributed by atoms with van der Waals surface area (Å²) in [6.45, 7) is 4.99. The number of carbonyl (C=O) groups excluding carboxylic acids is 2. The average molecular weight is 246 g/mol. The Bertz CT molecular complexity index is 483. The number of hydrogen-bond acceptors (Lipinski definition) is 2. The number of nitrogens with one attached hydrogen (secondary N) is 1. The third kappa shape index (κ3) is 2.37. The van der Waals surface area contributed by atoms with Crippen LogP contribution in [0.1, 0.15) is 36.2 Å². The van der Waals surface area contributed by atoms with Gasteiger partial charge in [-0.15, -0.1) is 0 Å². The zero-order valence-corrected chi connectivity index (χ0v) is 10.8. The van der Waals surface area contributed by atoms with Crippen molar-refractivity contribution in [1.82, 2.24) is 5.32 Å². The Balaban J connectivity index is 2.19. The number of nitrogens with zero attached hydrogens (tertiary/aromatic N) is 1. The van der Waals surface area contributed by atoms with Crippen LogP contribution in [0.5, 0.6) is 0 Å². The highest BCUT2D eigenvalue weighted by atomic mass is 16.2. The number of rotatable bonds is 3. The molecule has 0 aromatic heterocycles. The Labute approximate surface area is 107 Å². The summed E-state index contributed by atoms with van der Waals surface area (Å²) in [5.41, 5.74) is 2.69. The third-order valence-electron chi connectivity index (χ3n) is 3.15. The molecule has 0 radical (unpaired) electrons. The van der Waals surface area contributed by atoms with Crippen LogP contribution in [0.4, 0.5) is 5.69 Å². The second-order valence-corrected chi connectivity index (χ2v) is 4.52. The number of anilines is 1. The normalized spacial score (nSPS) is 13.3. The summed E-state index contributed by atoms with van der Waals surface area (Å²) < 4.78 is 0. The molecule has 2 amide bonds. The minimum atomic E-state index is -0.0408. The molecule has 0 fully saturated rings. The Kier molecular flexibility index (Phi) is 3.65. The molecule has 0 aliphatic carbocycles. The van der Waals surface area contributed by atoms with Gasteiger partial charge in [0.1, 0.15) is 0 Å². The Morgan fingerprint density at radius 1 is 1.39 bits per heavy atom. The molecule has 1 N–H and O–H groups in total. The van der Waals surface area contributed by atoms with E-state index in [4.69, 9.17) is 0 Å². The van der Waals surface area contributed by atoms with E-state index in [1.165, 1.54) is 0 Å². The van der Waals surface area contributed by atoms with Crippen LogP contribution in [0.25, 0.3) is 0 Å². The molecule has 1 heterocycles. The molecule has 0 saturated heterocycles. The zero-order chi connectivity index (χ0) is 13.1. The van der Waals surface area contributed by atoms with Crippen LogP contribution in [-0.4, -0.2) is 24.9 Å². The van der Waals surface area contributed by atoms with Crippen molar-refractivity contribution in [2.45, 2.75) is 26.7 Å². The highest BCUT2D eigenvalue weighted by molar-refractivity contribution is 5.97. The summed E-state index contributed by atoms with van der Waals surface area (Å²) in [6, 6.07) is 5.54. The van der Waals surface area contributed by atoms with Crippen LogP contribution in [0.15, 0.2) is 18.2 Å². The van der Waals surface area contributed by atoms with E-state index < -0.39 is 0 Å². The van der Waals surface area contributed by atoms with Gasteiger partial charge in [0, 0.05) is 31.3 Å². The quantitative estimate of drug-likeness (QED) is 0.883. The fraction of sp³-hybridized carbons (Fsp3) is 0.429. The van der Waals surface area contributed by atoms with Crippen molar-refractivity contribution in [3.8, 4) is 0 Å². The van der Waals surface area contributed by atoms with Crippen LogP contribution in [0.2, 0.25) is 0 Å². The molecule has 4 nitrogen and oxygen atoms in total. The number of carbonyl (C=O) groups is 2. The van der Waals surface area contributed by atoms with E-state index in [2.05, 4.69) is 5.32 Å². The van der Waals surface area contributed by atoms with E-state index in [9.17, 15) is 9.59 Å². The van der Waals surface area contributed by atoms with Crippen LogP contribution in [-0.2, 0) is 11.2 Å². The summed E-state index contributed by atoms with van der Waals surface area (Å²) in [4.78, 5) is 25.0. The smallest absolute Gasteiger partial charge is 0.251 e. The number of benzene rings is 1. The molecule has 4 heteroatoms. The fourth-order valence-corrected chi connectivity index (χ4v) is 2.21. The lowest BCUT2D eigenvalue weighted by Crippen LogP contribution is -2.26. The van der Waals surface area contributed by atoms with Gasteiger partial charge in [-0.05, 0) is 36.6 Å². The predicted molar refractivity (Wildman–Crippen MR) is 70.8 cm³/mol. The first kappa shape index (κ1) is 12.6. The minimum Gasteiger partial charge on any atom is -0.352 e. The van der Waals surface area contributed by atoms with Crippen molar-refractivity contribution < 1.29 is 9.59 Å². The second kappa shape index (κ2) is 5.21. The van der Waals surface area contributed by atoms with Crippen LogP contribution in [0.3, 0.4) is 0 Å². The van der Waals surface area contributed by atoms with E-state index in [1.54, 1.807) is 17.9 Å². The van der Waals surface area contributed by atoms with Gasteiger partial charge in [-0.2, -0.15) is 0 Å². The molecule has 0 saturated carbocycles. The van der Waals surface area contributed by atoms with E-state index >= 15 is 0 Å². The van der Waals surface area contributed by atoms with Gasteiger partial charge in [0.05, 0.1) is 0 Å². The molecule has 0 spiro atoms. The lowest BCUT2D eigenvalue weighted by Gasteiger charge is -2.14. The standard InChI is InChI=1S/C14H18N2O2/c1-3-7-15-14(18)12-4-5-13-11(9-12)6-8-16(13)10(2)17/h4-5,9H,3,6-8H2,1-2H3,(H,15,18). The first-order valence-electron chi connectivity index (χ1n) is 6.32. The monoisotopic (exact) mass is 246 g/mol. The summed E-state index contributed by atoms with van der Waals surface area (Å²) >= 11 is 0. The van der Waals surface area contributed by atoms with Crippen LogP contribution < -0.4 is 10.2 Å². The molecule has 1 aliphatic rings. The fourth-order valence-electron chi connectivity index (χ4n) is 2.21. The molecule has 1 aliphatic heterocycles. The maximum absolute atomic E-state index is 11.8. The van der Waals surface area contributed by atoms with Crippen molar-refractivity contribution in [3.63, 3.8) is 0 Å². The lowest BCUT2D eigenvalue weighted by molar-refractivity contribution is -0.116. The molecule has 0 bridgehead atoms.